The summed E-state index contributed by atoms with van der Waals surface area (Å²) in [5, 5.41) is 10.5. The molecule has 0 saturated carbocycles. The van der Waals surface area contributed by atoms with Crippen LogP contribution in [0.2, 0.25) is 0 Å². The maximum Gasteiger partial charge on any atom is 0.278 e. The summed E-state index contributed by atoms with van der Waals surface area (Å²) in [4.78, 5) is 28.2. The van der Waals surface area contributed by atoms with E-state index in [0.29, 0.717) is 10.9 Å². The fraction of sp³-hybridized carbons (Fsp3) is 0.294. The van der Waals surface area contributed by atoms with E-state index in [-0.39, 0.29) is 24.1 Å². The quantitative estimate of drug-likeness (QED) is 0.733. The van der Waals surface area contributed by atoms with Gasteiger partial charge >= 0.3 is 0 Å². The molecule has 1 amide bonds. The lowest BCUT2D eigenvalue weighted by molar-refractivity contribution is -0.133. The van der Waals surface area contributed by atoms with Crippen molar-refractivity contribution in [3.8, 4) is 0 Å². The Hall–Kier alpha value is -2.54. The number of rotatable bonds is 3. The molecule has 7 heteroatoms. The van der Waals surface area contributed by atoms with E-state index >= 15 is 0 Å². The molecule has 24 heavy (non-hydrogen) atoms. The molecular formula is C17H16N4O2S. The fourth-order valence-electron chi connectivity index (χ4n) is 3.19. The molecule has 0 bridgehead atoms. The van der Waals surface area contributed by atoms with Crippen molar-refractivity contribution in [3.05, 3.63) is 57.0 Å². The first kappa shape index (κ1) is 15.0. The first-order chi connectivity index (χ1) is 11.7. The van der Waals surface area contributed by atoms with Crippen LogP contribution < -0.4 is 5.56 Å². The molecule has 0 aliphatic carbocycles. The molecule has 0 spiro atoms. The predicted octanol–water partition coefficient (Wildman–Crippen LogP) is 2.22. The Bertz CT molecular complexity index is 935. The summed E-state index contributed by atoms with van der Waals surface area (Å²) in [7, 11) is 0. The standard InChI is InChI=1S/C17H16N4O2S/c22-16(20-9-3-7-14(20)15-8-4-10-24-15)11-21-17(23)12-5-1-2-6-13(12)18-19-21/h1-2,4-6,8,10,14H,3,7,9,11H2. The van der Waals surface area contributed by atoms with E-state index in [4.69, 9.17) is 0 Å². The molecule has 3 aromatic rings. The second-order valence-corrected chi connectivity index (χ2v) is 6.81. The highest BCUT2D eigenvalue weighted by Gasteiger charge is 2.30. The van der Waals surface area contributed by atoms with Gasteiger partial charge in [-0.25, -0.2) is 4.68 Å². The molecular weight excluding hydrogens is 324 g/mol. The first-order valence-electron chi connectivity index (χ1n) is 7.89. The lowest BCUT2D eigenvalue weighted by Crippen LogP contribution is -2.37. The number of likely N-dealkylation sites (tertiary alicyclic amines) is 1. The number of carbonyl (C=O) groups excluding carboxylic acids is 1. The van der Waals surface area contributed by atoms with E-state index in [0.717, 1.165) is 24.1 Å². The molecule has 1 atom stereocenters. The van der Waals surface area contributed by atoms with E-state index in [1.807, 2.05) is 22.4 Å². The molecule has 0 radical (unpaired) electrons. The van der Waals surface area contributed by atoms with E-state index in [1.54, 1.807) is 29.5 Å². The van der Waals surface area contributed by atoms with E-state index in [2.05, 4.69) is 16.4 Å². The van der Waals surface area contributed by atoms with E-state index < -0.39 is 0 Å². The second-order valence-electron chi connectivity index (χ2n) is 5.83. The molecule has 1 saturated heterocycles. The molecule has 1 unspecified atom stereocenters. The van der Waals surface area contributed by atoms with Gasteiger partial charge in [-0.05, 0) is 36.4 Å². The minimum atomic E-state index is -0.277. The first-order valence-corrected chi connectivity index (χ1v) is 8.77. The smallest absolute Gasteiger partial charge is 0.278 e. The third-order valence-electron chi connectivity index (χ3n) is 4.36. The maximum absolute atomic E-state index is 12.7. The summed E-state index contributed by atoms with van der Waals surface area (Å²) < 4.78 is 1.16. The molecule has 2 aromatic heterocycles. The molecule has 1 aliphatic heterocycles. The minimum absolute atomic E-state index is 0.0709. The van der Waals surface area contributed by atoms with Gasteiger partial charge in [0.25, 0.3) is 5.56 Å². The Morgan fingerprint density at radius 3 is 2.96 bits per heavy atom. The van der Waals surface area contributed by atoms with Crippen LogP contribution in [0.1, 0.15) is 23.8 Å². The molecule has 3 heterocycles. The summed E-state index contributed by atoms with van der Waals surface area (Å²) >= 11 is 1.66. The van der Waals surface area contributed by atoms with Crippen molar-refractivity contribution >= 4 is 28.1 Å². The zero-order valence-electron chi connectivity index (χ0n) is 13.0. The van der Waals surface area contributed by atoms with Crippen molar-refractivity contribution in [3.63, 3.8) is 0 Å². The monoisotopic (exact) mass is 340 g/mol. The van der Waals surface area contributed by atoms with Gasteiger partial charge in [-0.15, -0.1) is 16.4 Å². The van der Waals surface area contributed by atoms with Crippen LogP contribution in [0.5, 0.6) is 0 Å². The van der Waals surface area contributed by atoms with Gasteiger partial charge in [0, 0.05) is 11.4 Å². The van der Waals surface area contributed by atoms with Gasteiger partial charge in [-0.1, -0.05) is 23.4 Å². The highest BCUT2D eigenvalue weighted by molar-refractivity contribution is 7.10. The Kier molecular flexibility index (Phi) is 3.86. The minimum Gasteiger partial charge on any atom is -0.333 e. The Balaban J connectivity index is 1.60. The summed E-state index contributed by atoms with van der Waals surface area (Å²) in [5.41, 5.74) is 0.268. The van der Waals surface area contributed by atoms with E-state index in [9.17, 15) is 9.59 Å². The van der Waals surface area contributed by atoms with Gasteiger partial charge in [0.2, 0.25) is 5.91 Å². The number of hydrogen-bond donors (Lipinski definition) is 0. The van der Waals surface area contributed by atoms with Crippen molar-refractivity contribution in [1.82, 2.24) is 19.9 Å². The van der Waals surface area contributed by atoms with E-state index in [1.165, 1.54) is 4.88 Å². The average Bonchev–Trinajstić information content (AvgIpc) is 3.28. The Labute approximate surface area is 142 Å². The number of aromatic nitrogens is 3. The number of carbonyl (C=O) groups is 1. The van der Waals surface area contributed by atoms with Gasteiger partial charge in [-0.2, -0.15) is 0 Å². The third-order valence-corrected chi connectivity index (χ3v) is 5.33. The molecule has 122 valence electrons. The highest BCUT2D eigenvalue weighted by Crippen LogP contribution is 2.34. The number of nitrogens with zero attached hydrogens (tertiary/aromatic N) is 4. The number of hydrogen-bond acceptors (Lipinski definition) is 5. The normalized spacial score (nSPS) is 17.5. The molecule has 1 fully saturated rings. The zero-order valence-corrected chi connectivity index (χ0v) is 13.8. The number of amides is 1. The predicted molar refractivity (Wildman–Crippen MR) is 91.8 cm³/mol. The number of thiophene rings is 1. The molecule has 6 nitrogen and oxygen atoms in total. The highest BCUT2D eigenvalue weighted by atomic mass is 32.1. The van der Waals surface area contributed by atoms with Gasteiger partial charge in [0.05, 0.1) is 11.4 Å². The van der Waals surface area contributed by atoms with Gasteiger partial charge in [0.1, 0.15) is 12.1 Å². The lowest BCUT2D eigenvalue weighted by Gasteiger charge is -2.23. The SMILES string of the molecule is O=C(Cn1nnc2ccccc2c1=O)N1CCCC1c1cccs1. The fourth-order valence-corrected chi connectivity index (χ4v) is 4.06. The second kappa shape index (κ2) is 6.16. The van der Waals surface area contributed by atoms with Crippen LogP contribution in [-0.2, 0) is 11.3 Å². The average molecular weight is 340 g/mol. The Morgan fingerprint density at radius 2 is 2.12 bits per heavy atom. The van der Waals surface area contributed by atoms with Crippen molar-refractivity contribution in [2.75, 3.05) is 6.54 Å². The third kappa shape index (κ3) is 2.60. The summed E-state index contributed by atoms with van der Waals surface area (Å²) in [6.07, 6.45) is 1.94. The van der Waals surface area contributed by atoms with Crippen molar-refractivity contribution < 1.29 is 4.79 Å². The summed E-state index contributed by atoms with van der Waals surface area (Å²) in [5.74, 6) is -0.0856. The largest absolute Gasteiger partial charge is 0.333 e. The number of fused-ring (bicyclic) bond motifs is 1. The molecule has 1 aromatic carbocycles. The molecule has 4 rings (SSSR count). The van der Waals surface area contributed by atoms with Gasteiger partial charge < -0.3 is 4.90 Å². The van der Waals surface area contributed by atoms with Gasteiger partial charge in [0.15, 0.2) is 0 Å². The topological polar surface area (TPSA) is 68.1 Å². The van der Waals surface area contributed by atoms with Crippen molar-refractivity contribution in [2.24, 2.45) is 0 Å². The summed E-state index contributed by atoms with van der Waals surface area (Å²) in [6.45, 7) is 0.649. The van der Waals surface area contributed by atoms with Crippen LogP contribution in [0, 0.1) is 0 Å². The van der Waals surface area contributed by atoms with Crippen LogP contribution >= 0.6 is 11.3 Å². The van der Waals surface area contributed by atoms with Gasteiger partial charge in [-0.3, -0.25) is 9.59 Å². The van der Waals surface area contributed by atoms with Crippen molar-refractivity contribution in [2.45, 2.75) is 25.4 Å². The zero-order chi connectivity index (χ0) is 16.5. The maximum atomic E-state index is 12.7. The molecule has 0 N–H and O–H groups in total. The van der Waals surface area contributed by atoms with Crippen LogP contribution in [-0.4, -0.2) is 32.3 Å². The van der Waals surface area contributed by atoms with Crippen LogP contribution in [0.25, 0.3) is 10.9 Å². The lowest BCUT2D eigenvalue weighted by atomic mass is 10.2. The van der Waals surface area contributed by atoms with Crippen LogP contribution in [0.4, 0.5) is 0 Å². The van der Waals surface area contributed by atoms with Crippen LogP contribution in [0.15, 0.2) is 46.6 Å². The van der Waals surface area contributed by atoms with Crippen LogP contribution in [0.3, 0.4) is 0 Å². The summed E-state index contributed by atoms with van der Waals surface area (Å²) in [6, 6.07) is 11.2. The Morgan fingerprint density at radius 1 is 1.25 bits per heavy atom. The number of benzene rings is 1. The molecule has 1 aliphatic rings. The van der Waals surface area contributed by atoms with Crippen molar-refractivity contribution in [1.29, 1.82) is 0 Å².